The van der Waals surface area contributed by atoms with Crippen molar-refractivity contribution in [1.82, 2.24) is 9.78 Å². The van der Waals surface area contributed by atoms with Gasteiger partial charge in [-0.15, -0.1) is 5.10 Å². The predicted octanol–water partition coefficient (Wildman–Crippen LogP) is 3.18. The van der Waals surface area contributed by atoms with Crippen LogP contribution in [-0.2, 0) is 4.79 Å². The number of nitrogens with zero attached hydrogens (tertiary/aromatic N) is 2. The number of ether oxygens (including phenoxy) is 2. The number of benzene rings is 2. The lowest BCUT2D eigenvalue weighted by molar-refractivity contribution is -0.123. The van der Waals surface area contributed by atoms with Crippen molar-refractivity contribution in [2.24, 2.45) is 0 Å². The number of aromatic nitrogens is 2. The molecule has 3 aromatic rings. The summed E-state index contributed by atoms with van der Waals surface area (Å²) in [5, 5.41) is 6.91. The van der Waals surface area contributed by atoms with Crippen LogP contribution in [0.15, 0.2) is 65.5 Å². The van der Waals surface area contributed by atoms with Crippen LogP contribution in [-0.4, -0.2) is 28.9 Å². The van der Waals surface area contributed by atoms with Crippen LogP contribution in [0.4, 0.5) is 10.1 Å². The Morgan fingerprint density at radius 2 is 1.93 bits per heavy atom. The molecule has 1 N–H and O–H groups in total. The third-order valence-electron chi connectivity index (χ3n) is 4.11. The SMILES string of the molecule is CCC(Oc1ccc(=O)n(-c2ccc(F)cc2)n1)C(=O)Nc1cccc(OC)c1. The zero-order valence-electron chi connectivity index (χ0n) is 16.0. The molecule has 1 amide bonds. The number of hydrogen-bond donors (Lipinski definition) is 1. The summed E-state index contributed by atoms with van der Waals surface area (Å²) < 4.78 is 25.1. The Labute approximate surface area is 166 Å². The third kappa shape index (κ3) is 4.98. The number of amides is 1. The van der Waals surface area contributed by atoms with Crippen LogP contribution in [0.1, 0.15) is 13.3 Å². The Kier molecular flexibility index (Phi) is 6.23. The van der Waals surface area contributed by atoms with Crippen LogP contribution in [0.2, 0.25) is 0 Å². The van der Waals surface area contributed by atoms with Crippen molar-refractivity contribution >= 4 is 11.6 Å². The molecule has 1 atom stereocenters. The highest BCUT2D eigenvalue weighted by atomic mass is 19.1. The summed E-state index contributed by atoms with van der Waals surface area (Å²) in [4.78, 5) is 24.7. The average molecular weight is 397 g/mol. The minimum atomic E-state index is -0.826. The van der Waals surface area contributed by atoms with Crippen molar-refractivity contribution in [1.29, 1.82) is 0 Å². The first-order chi connectivity index (χ1) is 14.0. The summed E-state index contributed by atoms with van der Waals surface area (Å²) in [5.41, 5.74) is 0.550. The minimum absolute atomic E-state index is 0.0987. The van der Waals surface area contributed by atoms with E-state index in [1.165, 1.54) is 36.4 Å². The molecular formula is C21H20FN3O4. The molecule has 0 aliphatic heterocycles. The number of hydrogen-bond acceptors (Lipinski definition) is 5. The fraction of sp³-hybridized carbons (Fsp3) is 0.190. The molecule has 7 nitrogen and oxygen atoms in total. The van der Waals surface area contributed by atoms with E-state index >= 15 is 0 Å². The molecule has 0 fully saturated rings. The molecule has 0 saturated heterocycles. The Balaban J connectivity index is 1.78. The van der Waals surface area contributed by atoms with Gasteiger partial charge in [-0.25, -0.2) is 4.39 Å². The number of nitrogens with one attached hydrogen (secondary N) is 1. The molecule has 29 heavy (non-hydrogen) atoms. The van der Waals surface area contributed by atoms with Gasteiger partial charge in [0.1, 0.15) is 11.6 Å². The average Bonchev–Trinajstić information content (AvgIpc) is 2.73. The van der Waals surface area contributed by atoms with Crippen molar-refractivity contribution in [2.75, 3.05) is 12.4 Å². The normalized spacial score (nSPS) is 11.6. The summed E-state index contributed by atoms with van der Waals surface area (Å²) in [6.07, 6.45) is -0.444. The molecule has 0 aliphatic carbocycles. The summed E-state index contributed by atoms with van der Waals surface area (Å²) in [5.74, 6) is -0.0667. The Morgan fingerprint density at radius 1 is 1.17 bits per heavy atom. The van der Waals surface area contributed by atoms with Gasteiger partial charge in [-0.3, -0.25) is 9.59 Å². The van der Waals surface area contributed by atoms with E-state index < -0.39 is 17.5 Å². The molecule has 1 heterocycles. The first-order valence-electron chi connectivity index (χ1n) is 8.98. The van der Waals surface area contributed by atoms with E-state index in [2.05, 4.69) is 10.4 Å². The van der Waals surface area contributed by atoms with Crippen molar-refractivity contribution in [3.05, 3.63) is 76.8 Å². The Hall–Kier alpha value is -3.68. The fourth-order valence-electron chi connectivity index (χ4n) is 2.62. The minimum Gasteiger partial charge on any atom is -0.497 e. The Morgan fingerprint density at radius 3 is 2.62 bits per heavy atom. The van der Waals surface area contributed by atoms with Crippen LogP contribution in [0.25, 0.3) is 5.69 Å². The van der Waals surface area contributed by atoms with E-state index in [9.17, 15) is 14.0 Å². The molecule has 0 spiro atoms. The number of rotatable bonds is 7. The highest BCUT2D eigenvalue weighted by Gasteiger charge is 2.20. The second kappa shape index (κ2) is 9.01. The van der Waals surface area contributed by atoms with E-state index in [0.717, 1.165) is 4.68 Å². The maximum atomic E-state index is 13.1. The predicted molar refractivity (Wildman–Crippen MR) is 106 cm³/mol. The van der Waals surface area contributed by atoms with Crippen LogP contribution in [0.3, 0.4) is 0 Å². The number of methoxy groups -OCH3 is 1. The van der Waals surface area contributed by atoms with Crippen LogP contribution >= 0.6 is 0 Å². The molecule has 0 radical (unpaired) electrons. The standard InChI is InChI=1S/C21H20FN3O4/c1-3-18(21(27)23-15-5-4-6-17(13-15)28-2)29-19-11-12-20(26)25(24-19)16-9-7-14(22)8-10-16/h4-13,18H,3H2,1-2H3,(H,23,27). The van der Waals surface area contributed by atoms with Crippen molar-refractivity contribution in [2.45, 2.75) is 19.4 Å². The topological polar surface area (TPSA) is 82.5 Å². The highest BCUT2D eigenvalue weighted by molar-refractivity contribution is 5.94. The number of halogens is 1. The number of carbonyl (C=O) groups excluding carboxylic acids is 1. The summed E-state index contributed by atoms with van der Waals surface area (Å²) >= 11 is 0. The zero-order chi connectivity index (χ0) is 20.8. The monoisotopic (exact) mass is 397 g/mol. The van der Waals surface area contributed by atoms with Gasteiger partial charge in [0.2, 0.25) is 5.88 Å². The Bertz CT molecular complexity index is 1050. The molecule has 0 aliphatic rings. The largest absolute Gasteiger partial charge is 0.497 e. The summed E-state index contributed by atoms with van der Waals surface area (Å²) in [7, 11) is 1.54. The van der Waals surface area contributed by atoms with Gasteiger partial charge in [0.25, 0.3) is 11.5 Å². The summed E-state index contributed by atoms with van der Waals surface area (Å²) in [6.45, 7) is 1.80. The molecule has 1 unspecified atom stereocenters. The third-order valence-corrected chi connectivity index (χ3v) is 4.11. The lowest BCUT2D eigenvalue weighted by Crippen LogP contribution is -2.33. The van der Waals surface area contributed by atoms with Gasteiger partial charge < -0.3 is 14.8 Å². The first kappa shape index (κ1) is 20.1. The second-order valence-corrected chi connectivity index (χ2v) is 6.13. The van der Waals surface area contributed by atoms with Gasteiger partial charge in [0, 0.05) is 23.9 Å². The molecule has 0 saturated carbocycles. The van der Waals surface area contributed by atoms with Crippen molar-refractivity contribution in [3.8, 4) is 17.3 Å². The van der Waals surface area contributed by atoms with Gasteiger partial charge >= 0.3 is 0 Å². The second-order valence-electron chi connectivity index (χ2n) is 6.13. The van der Waals surface area contributed by atoms with Gasteiger partial charge in [0.05, 0.1) is 12.8 Å². The lowest BCUT2D eigenvalue weighted by Gasteiger charge is -2.17. The van der Waals surface area contributed by atoms with Crippen molar-refractivity contribution < 1.29 is 18.7 Å². The van der Waals surface area contributed by atoms with Gasteiger partial charge in [-0.05, 0) is 42.8 Å². The van der Waals surface area contributed by atoms with E-state index in [4.69, 9.17) is 9.47 Å². The van der Waals surface area contributed by atoms with Gasteiger partial charge in [0.15, 0.2) is 6.10 Å². The van der Waals surface area contributed by atoms with Crippen LogP contribution in [0.5, 0.6) is 11.6 Å². The lowest BCUT2D eigenvalue weighted by atomic mass is 10.2. The van der Waals surface area contributed by atoms with Gasteiger partial charge in [-0.1, -0.05) is 13.0 Å². The van der Waals surface area contributed by atoms with E-state index in [0.29, 0.717) is 23.5 Å². The van der Waals surface area contributed by atoms with Crippen molar-refractivity contribution in [3.63, 3.8) is 0 Å². The molecule has 8 heteroatoms. The van der Waals surface area contributed by atoms with Gasteiger partial charge in [-0.2, -0.15) is 4.68 Å². The van der Waals surface area contributed by atoms with Crippen LogP contribution < -0.4 is 20.3 Å². The molecular weight excluding hydrogens is 377 g/mol. The van der Waals surface area contributed by atoms with E-state index in [1.54, 1.807) is 38.3 Å². The molecule has 2 aromatic carbocycles. The maximum Gasteiger partial charge on any atom is 0.271 e. The summed E-state index contributed by atoms with van der Waals surface area (Å²) in [6, 6.07) is 14.9. The smallest absolute Gasteiger partial charge is 0.271 e. The quantitative estimate of drug-likeness (QED) is 0.662. The molecule has 3 rings (SSSR count). The molecule has 150 valence electrons. The van der Waals surface area contributed by atoms with E-state index in [-0.39, 0.29) is 11.8 Å². The van der Waals surface area contributed by atoms with E-state index in [1.807, 2.05) is 0 Å². The number of anilines is 1. The molecule has 1 aromatic heterocycles. The van der Waals surface area contributed by atoms with Crippen LogP contribution in [0, 0.1) is 5.82 Å². The zero-order valence-corrected chi connectivity index (χ0v) is 16.0. The number of carbonyl (C=O) groups is 1. The highest BCUT2D eigenvalue weighted by Crippen LogP contribution is 2.18. The fourth-order valence-corrected chi connectivity index (χ4v) is 2.62. The molecule has 0 bridgehead atoms. The maximum absolute atomic E-state index is 13.1. The first-order valence-corrected chi connectivity index (χ1v) is 8.98.